The molecule has 0 spiro atoms. The van der Waals surface area contributed by atoms with Crippen LogP contribution in [-0.4, -0.2) is 64.5 Å². The van der Waals surface area contributed by atoms with Crippen molar-refractivity contribution in [1.82, 2.24) is 13.7 Å². The molecule has 0 fully saturated rings. The summed E-state index contributed by atoms with van der Waals surface area (Å²) in [5.41, 5.74) is 3.61. The van der Waals surface area contributed by atoms with Crippen LogP contribution in [0, 0.1) is 0 Å². The molecule has 0 unspecified atom stereocenters. The number of benzene rings is 1. The zero-order valence-electron chi connectivity index (χ0n) is 12.4. The third-order valence-electron chi connectivity index (χ3n) is 3.27. The first kappa shape index (κ1) is 15.1. The lowest BCUT2D eigenvalue weighted by Crippen LogP contribution is -2.68. The van der Waals surface area contributed by atoms with Crippen molar-refractivity contribution in [1.29, 1.82) is 0 Å². The molecule has 4 heteroatoms. The lowest BCUT2D eigenvalue weighted by atomic mass is 10.2. The van der Waals surface area contributed by atoms with E-state index in [1.165, 1.54) is 5.56 Å². The van der Waals surface area contributed by atoms with Crippen molar-refractivity contribution in [3.63, 3.8) is 0 Å². The summed E-state index contributed by atoms with van der Waals surface area (Å²) in [7, 11) is 11.0. The Labute approximate surface area is 113 Å². The molecular formula is C14H25N3Si. The topological polar surface area (TPSA) is 9.72 Å². The van der Waals surface area contributed by atoms with E-state index in [4.69, 9.17) is 0 Å². The van der Waals surface area contributed by atoms with Gasteiger partial charge in [-0.25, -0.2) is 0 Å². The maximum absolute atomic E-state index is 2.36. The standard InChI is InChI=1S/C14H25N3Si/c1-15(2)18(16(3)4,17(5)6)13-12-14-10-8-7-9-11-14/h7-13H,1-6H3/b13-12+. The Kier molecular flexibility index (Phi) is 5.28. The molecule has 0 aliphatic carbocycles. The number of hydrogen-bond donors (Lipinski definition) is 0. The molecule has 1 aromatic rings. The lowest BCUT2D eigenvalue weighted by molar-refractivity contribution is 0.395. The van der Waals surface area contributed by atoms with Gasteiger partial charge in [0.1, 0.15) is 0 Å². The Morgan fingerprint density at radius 3 is 1.61 bits per heavy atom. The normalized spacial score (nSPS) is 13.2. The Bertz CT molecular complexity index is 364. The minimum Gasteiger partial charge on any atom is -0.302 e. The third-order valence-corrected chi connectivity index (χ3v) is 7.84. The van der Waals surface area contributed by atoms with Gasteiger partial charge in [-0.3, -0.25) is 0 Å². The predicted octanol–water partition coefficient (Wildman–Crippen LogP) is 1.86. The summed E-state index contributed by atoms with van der Waals surface area (Å²) in [6.07, 6.45) is 2.23. The van der Waals surface area contributed by atoms with Gasteiger partial charge in [0.2, 0.25) is 0 Å². The van der Waals surface area contributed by atoms with Crippen LogP contribution in [0.5, 0.6) is 0 Å². The molecule has 0 aromatic heterocycles. The van der Waals surface area contributed by atoms with Crippen LogP contribution >= 0.6 is 0 Å². The molecule has 0 radical (unpaired) electrons. The SMILES string of the molecule is CN(C)[Si](/C=C/c1ccccc1)(N(C)C)N(C)C. The summed E-state index contributed by atoms with van der Waals surface area (Å²) in [6.45, 7) is 0. The average Bonchev–Trinajstić information content (AvgIpc) is 2.29. The van der Waals surface area contributed by atoms with Crippen molar-refractivity contribution in [3.8, 4) is 0 Å². The van der Waals surface area contributed by atoms with E-state index in [9.17, 15) is 0 Å². The summed E-state index contributed by atoms with van der Waals surface area (Å²) in [4.78, 5) is 0. The van der Waals surface area contributed by atoms with E-state index in [1.54, 1.807) is 0 Å². The van der Waals surface area contributed by atoms with Crippen LogP contribution < -0.4 is 0 Å². The largest absolute Gasteiger partial charge is 0.314 e. The monoisotopic (exact) mass is 263 g/mol. The quantitative estimate of drug-likeness (QED) is 0.751. The van der Waals surface area contributed by atoms with E-state index in [2.05, 4.69) is 92.0 Å². The minimum absolute atomic E-state index is 1.25. The average molecular weight is 263 g/mol. The van der Waals surface area contributed by atoms with E-state index in [0.29, 0.717) is 0 Å². The molecule has 0 N–H and O–H groups in total. The Hall–Kier alpha value is -0.943. The molecule has 0 saturated heterocycles. The molecule has 100 valence electrons. The molecule has 0 aliphatic rings. The molecule has 0 saturated carbocycles. The molecular weight excluding hydrogens is 238 g/mol. The highest BCUT2D eigenvalue weighted by Gasteiger charge is 2.39. The van der Waals surface area contributed by atoms with Gasteiger partial charge in [0.15, 0.2) is 0 Å². The fourth-order valence-electron chi connectivity index (χ4n) is 2.42. The molecule has 0 bridgehead atoms. The van der Waals surface area contributed by atoms with E-state index >= 15 is 0 Å². The first-order chi connectivity index (χ1) is 8.41. The van der Waals surface area contributed by atoms with Crippen molar-refractivity contribution < 1.29 is 0 Å². The minimum atomic E-state index is -1.89. The van der Waals surface area contributed by atoms with Crippen LogP contribution in [0.4, 0.5) is 0 Å². The molecule has 18 heavy (non-hydrogen) atoms. The smallest absolute Gasteiger partial charge is 0.302 e. The van der Waals surface area contributed by atoms with Crippen LogP contribution in [0.25, 0.3) is 6.08 Å². The van der Waals surface area contributed by atoms with Gasteiger partial charge in [-0.1, -0.05) is 36.4 Å². The van der Waals surface area contributed by atoms with E-state index < -0.39 is 8.56 Å². The van der Waals surface area contributed by atoms with Gasteiger partial charge in [-0.2, -0.15) is 0 Å². The molecule has 1 aromatic carbocycles. The van der Waals surface area contributed by atoms with Gasteiger partial charge >= 0.3 is 8.56 Å². The Morgan fingerprint density at radius 1 is 0.778 bits per heavy atom. The molecule has 3 nitrogen and oxygen atoms in total. The summed E-state index contributed by atoms with van der Waals surface area (Å²) >= 11 is 0. The fourth-order valence-corrected chi connectivity index (χ4v) is 6.13. The highest BCUT2D eigenvalue weighted by molar-refractivity contribution is 6.77. The molecule has 0 atom stereocenters. The molecule has 0 aliphatic heterocycles. The van der Waals surface area contributed by atoms with Gasteiger partial charge < -0.3 is 13.7 Å². The maximum Gasteiger partial charge on any atom is 0.314 e. The first-order valence-corrected chi connectivity index (χ1v) is 8.09. The second-order valence-corrected chi connectivity index (χ2v) is 9.51. The van der Waals surface area contributed by atoms with Crippen molar-refractivity contribution in [2.75, 3.05) is 42.3 Å². The van der Waals surface area contributed by atoms with E-state index in [-0.39, 0.29) is 0 Å². The summed E-state index contributed by atoms with van der Waals surface area (Å²) in [5, 5.41) is 0. The Balaban J connectivity index is 3.09. The van der Waals surface area contributed by atoms with Crippen molar-refractivity contribution >= 4 is 14.6 Å². The van der Waals surface area contributed by atoms with Gasteiger partial charge in [0.05, 0.1) is 0 Å². The number of rotatable bonds is 5. The van der Waals surface area contributed by atoms with Gasteiger partial charge in [0, 0.05) is 0 Å². The highest BCUT2D eigenvalue weighted by Crippen LogP contribution is 2.16. The van der Waals surface area contributed by atoms with Crippen LogP contribution in [-0.2, 0) is 0 Å². The summed E-state index contributed by atoms with van der Waals surface area (Å²) in [5.74, 6) is 0. The lowest BCUT2D eigenvalue weighted by Gasteiger charge is -2.44. The van der Waals surface area contributed by atoms with Gasteiger partial charge in [-0.15, -0.1) is 0 Å². The van der Waals surface area contributed by atoms with Crippen molar-refractivity contribution in [2.24, 2.45) is 0 Å². The van der Waals surface area contributed by atoms with Crippen LogP contribution in [0.15, 0.2) is 36.0 Å². The predicted molar refractivity (Wildman–Crippen MR) is 82.3 cm³/mol. The third kappa shape index (κ3) is 3.08. The first-order valence-electron chi connectivity index (χ1n) is 6.18. The second-order valence-electron chi connectivity index (χ2n) is 5.11. The van der Waals surface area contributed by atoms with Gasteiger partial charge in [-0.05, 0) is 53.5 Å². The fraction of sp³-hybridized carbons (Fsp3) is 0.429. The van der Waals surface area contributed by atoms with Crippen LogP contribution in [0.1, 0.15) is 5.56 Å². The molecule has 0 heterocycles. The number of hydrogen-bond acceptors (Lipinski definition) is 3. The van der Waals surface area contributed by atoms with Crippen molar-refractivity contribution in [2.45, 2.75) is 0 Å². The summed E-state index contributed by atoms with van der Waals surface area (Å²) < 4.78 is 7.02. The highest BCUT2D eigenvalue weighted by atomic mass is 28.4. The van der Waals surface area contributed by atoms with E-state index in [1.807, 2.05) is 6.07 Å². The van der Waals surface area contributed by atoms with Crippen molar-refractivity contribution in [3.05, 3.63) is 41.6 Å². The zero-order chi connectivity index (χ0) is 13.8. The second kappa shape index (κ2) is 6.29. The Morgan fingerprint density at radius 2 is 1.22 bits per heavy atom. The zero-order valence-corrected chi connectivity index (χ0v) is 13.4. The van der Waals surface area contributed by atoms with Gasteiger partial charge in [0.25, 0.3) is 0 Å². The van der Waals surface area contributed by atoms with Crippen LogP contribution in [0.2, 0.25) is 0 Å². The van der Waals surface area contributed by atoms with E-state index in [0.717, 1.165) is 0 Å². The summed E-state index contributed by atoms with van der Waals surface area (Å²) in [6, 6.07) is 10.5. The maximum atomic E-state index is 2.36. The number of nitrogens with zero attached hydrogens (tertiary/aromatic N) is 3. The van der Waals surface area contributed by atoms with Crippen LogP contribution in [0.3, 0.4) is 0 Å². The molecule has 1 rings (SSSR count). The molecule has 0 amide bonds.